The Morgan fingerprint density at radius 1 is 1.30 bits per heavy atom. The van der Waals surface area contributed by atoms with Gasteiger partial charge in [0.2, 0.25) is 0 Å². The average Bonchev–Trinajstić information content (AvgIpc) is 2.85. The maximum atomic E-state index is 12.0. The third-order valence-corrected chi connectivity index (χ3v) is 3.03. The van der Waals surface area contributed by atoms with Gasteiger partial charge in [-0.2, -0.15) is 0 Å². The Kier molecular flexibility index (Phi) is 4.45. The predicted molar refractivity (Wildman–Crippen MR) is 76.2 cm³/mol. The molecule has 6 nitrogen and oxygen atoms in total. The van der Waals surface area contributed by atoms with E-state index >= 15 is 0 Å². The molecule has 1 atom stereocenters. The summed E-state index contributed by atoms with van der Waals surface area (Å²) in [6.45, 7) is 2.71. The van der Waals surface area contributed by atoms with Gasteiger partial charge in [0.05, 0.1) is 14.2 Å². The van der Waals surface area contributed by atoms with Gasteiger partial charge in [0.1, 0.15) is 17.5 Å². The third-order valence-electron chi connectivity index (χ3n) is 3.03. The first-order valence-electron chi connectivity index (χ1n) is 6.53. The molecule has 20 heavy (non-hydrogen) atoms. The largest absolute Gasteiger partial charge is 0.497 e. The lowest BCUT2D eigenvalue weighted by Crippen LogP contribution is -2.25. The first-order chi connectivity index (χ1) is 9.69. The van der Waals surface area contributed by atoms with Crippen LogP contribution in [0, 0.1) is 0 Å². The monoisotopic (exact) mass is 277 g/mol. The molecule has 2 N–H and O–H groups in total. The van der Waals surface area contributed by atoms with E-state index in [0.29, 0.717) is 24.0 Å². The number of hydrogen-bond acceptors (Lipinski definition) is 4. The van der Waals surface area contributed by atoms with Gasteiger partial charge in [-0.1, -0.05) is 6.92 Å². The number of hydrogen-bond donors (Lipinski definition) is 2. The molecule has 2 rings (SSSR count). The highest BCUT2D eigenvalue weighted by atomic mass is 16.5. The number of carbonyl (C=O) groups is 1. The Hall–Kier alpha value is -2.24. The Morgan fingerprint density at radius 3 is 2.75 bits per heavy atom. The predicted octanol–water partition coefficient (Wildman–Crippen LogP) is 1.23. The van der Waals surface area contributed by atoms with Crippen LogP contribution in [-0.2, 0) is 4.79 Å². The van der Waals surface area contributed by atoms with Crippen LogP contribution in [-0.4, -0.2) is 32.6 Å². The van der Waals surface area contributed by atoms with Crippen molar-refractivity contribution >= 4 is 11.9 Å². The molecule has 6 heteroatoms. The first-order valence-corrected chi connectivity index (χ1v) is 6.53. The van der Waals surface area contributed by atoms with Gasteiger partial charge in [-0.25, -0.2) is 0 Å². The number of aliphatic imine (C=N–C) groups is 1. The molecule has 1 unspecified atom stereocenters. The molecule has 108 valence electrons. The minimum Gasteiger partial charge on any atom is -0.497 e. The SMILES string of the molecule is CCCN=C1NC(=O)C(c2ccc(OC)cc2OC)N1. The second-order valence-electron chi connectivity index (χ2n) is 4.40. The van der Waals surface area contributed by atoms with Gasteiger partial charge in [0, 0.05) is 18.2 Å². The van der Waals surface area contributed by atoms with Crippen LogP contribution in [0.25, 0.3) is 0 Å². The van der Waals surface area contributed by atoms with Gasteiger partial charge >= 0.3 is 0 Å². The molecular formula is C14H19N3O3. The fourth-order valence-electron chi connectivity index (χ4n) is 2.01. The fraction of sp³-hybridized carbons (Fsp3) is 0.429. The Labute approximate surface area is 118 Å². The topological polar surface area (TPSA) is 72.0 Å². The zero-order chi connectivity index (χ0) is 14.5. The van der Waals surface area contributed by atoms with E-state index in [4.69, 9.17) is 9.47 Å². The minimum atomic E-state index is -0.494. The molecule has 0 radical (unpaired) electrons. The molecule has 1 aromatic carbocycles. The molecule has 0 aromatic heterocycles. The Morgan fingerprint density at radius 2 is 2.10 bits per heavy atom. The number of nitrogens with zero attached hydrogens (tertiary/aromatic N) is 1. The summed E-state index contributed by atoms with van der Waals surface area (Å²) < 4.78 is 10.5. The first kappa shape index (κ1) is 14.2. The number of guanidine groups is 1. The van der Waals surface area contributed by atoms with Crippen molar-refractivity contribution in [1.29, 1.82) is 0 Å². The molecule has 1 heterocycles. The Bertz CT molecular complexity index is 528. The van der Waals surface area contributed by atoms with E-state index in [1.165, 1.54) is 0 Å². The van der Waals surface area contributed by atoms with Crippen molar-refractivity contribution in [3.05, 3.63) is 23.8 Å². The summed E-state index contributed by atoms with van der Waals surface area (Å²) in [6, 6.07) is 4.88. The molecule has 1 aromatic rings. The van der Waals surface area contributed by atoms with Gasteiger partial charge < -0.3 is 14.8 Å². The van der Waals surface area contributed by atoms with Gasteiger partial charge in [-0.3, -0.25) is 15.1 Å². The molecule has 1 amide bonds. The highest BCUT2D eigenvalue weighted by Crippen LogP contribution is 2.30. The number of methoxy groups -OCH3 is 2. The van der Waals surface area contributed by atoms with Crippen LogP contribution in [0.1, 0.15) is 24.9 Å². The second kappa shape index (κ2) is 6.27. The number of nitrogens with one attached hydrogen (secondary N) is 2. The normalized spacial score (nSPS) is 19.6. The number of ether oxygens (including phenoxy) is 2. The molecule has 0 bridgehead atoms. The lowest BCUT2D eigenvalue weighted by molar-refractivity contribution is -0.120. The van der Waals surface area contributed by atoms with E-state index in [1.807, 2.05) is 13.0 Å². The molecule has 1 aliphatic rings. The zero-order valence-corrected chi connectivity index (χ0v) is 11.9. The highest BCUT2D eigenvalue weighted by Gasteiger charge is 2.31. The smallest absolute Gasteiger partial charge is 0.254 e. The lowest BCUT2D eigenvalue weighted by atomic mass is 10.1. The molecule has 1 fully saturated rings. The quantitative estimate of drug-likeness (QED) is 0.849. The van der Waals surface area contributed by atoms with Crippen LogP contribution in [0.3, 0.4) is 0 Å². The second-order valence-corrected chi connectivity index (χ2v) is 4.40. The van der Waals surface area contributed by atoms with Gasteiger partial charge in [-0.15, -0.1) is 0 Å². The zero-order valence-electron chi connectivity index (χ0n) is 11.9. The summed E-state index contributed by atoms with van der Waals surface area (Å²) in [7, 11) is 3.15. The van der Waals surface area contributed by atoms with Crippen LogP contribution >= 0.6 is 0 Å². The van der Waals surface area contributed by atoms with Crippen molar-refractivity contribution in [3.63, 3.8) is 0 Å². The van der Waals surface area contributed by atoms with Gasteiger partial charge in [0.15, 0.2) is 5.96 Å². The van der Waals surface area contributed by atoms with Crippen LogP contribution in [0.4, 0.5) is 0 Å². The number of carbonyl (C=O) groups excluding carboxylic acids is 1. The van der Waals surface area contributed by atoms with E-state index in [-0.39, 0.29) is 5.91 Å². The molecule has 1 aliphatic heterocycles. The van der Waals surface area contributed by atoms with E-state index in [1.54, 1.807) is 26.4 Å². The van der Waals surface area contributed by atoms with Crippen LogP contribution in [0.15, 0.2) is 23.2 Å². The van der Waals surface area contributed by atoms with E-state index < -0.39 is 6.04 Å². The molecule has 0 spiro atoms. The summed E-state index contributed by atoms with van der Waals surface area (Å²) in [6.07, 6.45) is 0.928. The standard InChI is InChI=1S/C14H19N3O3/c1-4-7-15-14-16-12(13(18)17-14)10-6-5-9(19-2)8-11(10)20-3/h5-6,8,12H,4,7H2,1-3H3,(H2,15,16,17,18). The summed E-state index contributed by atoms with van der Waals surface area (Å²) in [4.78, 5) is 16.3. The summed E-state index contributed by atoms with van der Waals surface area (Å²) in [5.74, 6) is 1.67. The van der Waals surface area contributed by atoms with E-state index in [2.05, 4.69) is 15.6 Å². The lowest BCUT2D eigenvalue weighted by Gasteiger charge is -2.14. The van der Waals surface area contributed by atoms with E-state index in [9.17, 15) is 4.79 Å². The van der Waals surface area contributed by atoms with Crippen molar-refractivity contribution in [2.75, 3.05) is 20.8 Å². The molecular weight excluding hydrogens is 258 g/mol. The molecule has 0 aliphatic carbocycles. The van der Waals surface area contributed by atoms with Crippen LogP contribution in [0.2, 0.25) is 0 Å². The molecule has 1 saturated heterocycles. The Balaban J connectivity index is 2.25. The number of benzene rings is 1. The summed E-state index contributed by atoms with van der Waals surface area (Å²) in [5, 5.41) is 5.80. The summed E-state index contributed by atoms with van der Waals surface area (Å²) >= 11 is 0. The van der Waals surface area contributed by atoms with E-state index in [0.717, 1.165) is 12.0 Å². The highest BCUT2D eigenvalue weighted by molar-refractivity contribution is 6.07. The van der Waals surface area contributed by atoms with Crippen molar-refractivity contribution in [2.24, 2.45) is 4.99 Å². The van der Waals surface area contributed by atoms with Crippen molar-refractivity contribution in [3.8, 4) is 11.5 Å². The van der Waals surface area contributed by atoms with Crippen LogP contribution < -0.4 is 20.1 Å². The summed E-state index contributed by atoms with van der Waals surface area (Å²) in [5.41, 5.74) is 0.757. The van der Waals surface area contributed by atoms with Crippen molar-refractivity contribution in [1.82, 2.24) is 10.6 Å². The van der Waals surface area contributed by atoms with Crippen LogP contribution in [0.5, 0.6) is 11.5 Å². The average molecular weight is 277 g/mol. The third kappa shape index (κ3) is 2.84. The minimum absolute atomic E-state index is 0.136. The molecule has 0 saturated carbocycles. The fourth-order valence-corrected chi connectivity index (χ4v) is 2.01. The maximum Gasteiger partial charge on any atom is 0.254 e. The number of rotatable bonds is 5. The van der Waals surface area contributed by atoms with Gasteiger partial charge in [0.25, 0.3) is 5.91 Å². The van der Waals surface area contributed by atoms with Gasteiger partial charge in [-0.05, 0) is 18.6 Å². The number of amides is 1. The van der Waals surface area contributed by atoms with Crippen molar-refractivity contribution < 1.29 is 14.3 Å². The van der Waals surface area contributed by atoms with Crippen molar-refractivity contribution in [2.45, 2.75) is 19.4 Å². The maximum absolute atomic E-state index is 12.0.